The highest BCUT2D eigenvalue weighted by molar-refractivity contribution is 6.25. The second-order valence-electron chi connectivity index (χ2n) is 5.58. The lowest BCUT2D eigenvalue weighted by molar-refractivity contribution is 1.41. The van der Waals surface area contributed by atoms with Gasteiger partial charge in [0, 0.05) is 0 Å². The van der Waals surface area contributed by atoms with E-state index in [0.29, 0.717) is 0 Å². The summed E-state index contributed by atoms with van der Waals surface area (Å²) >= 11 is 0. The van der Waals surface area contributed by atoms with Crippen molar-refractivity contribution in [3.63, 3.8) is 0 Å². The third kappa shape index (κ3) is 1.24. The van der Waals surface area contributed by atoms with E-state index in [9.17, 15) is 0 Å². The van der Waals surface area contributed by atoms with Crippen molar-refractivity contribution in [3.05, 3.63) is 59.2 Å². The van der Waals surface area contributed by atoms with E-state index in [0.717, 1.165) is 0 Å². The summed E-state index contributed by atoms with van der Waals surface area (Å²) in [7, 11) is 0. The van der Waals surface area contributed by atoms with Crippen LogP contribution in [0.25, 0.3) is 32.3 Å². The van der Waals surface area contributed by atoms with Crippen LogP contribution in [0.3, 0.4) is 0 Å². The molecule has 0 N–H and O–H groups in total. The van der Waals surface area contributed by atoms with Crippen LogP contribution in [0.5, 0.6) is 0 Å². The van der Waals surface area contributed by atoms with Gasteiger partial charge in [0.05, 0.1) is 0 Å². The zero-order valence-electron chi connectivity index (χ0n) is 11.5. The fourth-order valence-corrected chi connectivity index (χ4v) is 3.46. The van der Waals surface area contributed by atoms with E-state index in [1.165, 1.54) is 49.0 Å². The van der Waals surface area contributed by atoms with Crippen LogP contribution in [-0.2, 0) is 0 Å². The van der Waals surface area contributed by atoms with E-state index >= 15 is 0 Å². The zero-order chi connectivity index (χ0) is 13.1. The normalized spacial score (nSPS) is 11.9. The van der Waals surface area contributed by atoms with Gasteiger partial charge in [0.2, 0.25) is 0 Å². The predicted octanol–water partition coefficient (Wildman–Crippen LogP) is 5.51. The molecule has 4 aromatic rings. The van der Waals surface area contributed by atoms with Crippen molar-refractivity contribution in [1.82, 2.24) is 0 Å². The van der Waals surface area contributed by atoms with Crippen molar-refractivity contribution < 1.29 is 0 Å². The molecule has 4 rings (SSSR count). The molecule has 0 aromatic heterocycles. The Labute approximate surface area is 113 Å². The second kappa shape index (κ2) is 3.48. The van der Waals surface area contributed by atoms with Gasteiger partial charge in [-0.25, -0.2) is 0 Å². The summed E-state index contributed by atoms with van der Waals surface area (Å²) in [6, 6.07) is 15.7. The molecule has 0 nitrogen and oxygen atoms in total. The molecule has 0 amide bonds. The molecule has 0 aliphatic rings. The van der Waals surface area contributed by atoms with E-state index < -0.39 is 0 Å². The number of aryl methyl sites for hydroxylation is 3. The minimum absolute atomic E-state index is 1.36. The van der Waals surface area contributed by atoms with E-state index in [4.69, 9.17) is 0 Å². The van der Waals surface area contributed by atoms with Crippen LogP contribution in [0.1, 0.15) is 16.7 Å². The van der Waals surface area contributed by atoms with Crippen LogP contribution in [0.2, 0.25) is 0 Å². The van der Waals surface area contributed by atoms with Gasteiger partial charge in [-0.15, -0.1) is 0 Å². The molecule has 0 heterocycles. The van der Waals surface area contributed by atoms with Gasteiger partial charge in [0.25, 0.3) is 0 Å². The Kier molecular flexibility index (Phi) is 1.98. The highest BCUT2D eigenvalue weighted by atomic mass is 14.2. The van der Waals surface area contributed by atoms with Crippen LogP contribution in [0.4, 0.5) is 0 Å². The molecular formula is C19H16. The predicted molar refractivity (Wildman–Crippen MR) is 84.4 cm³/mol. The Morgan fingerprint density at radius 1 is 0.632 bits per heavy atom. The van der Waals surface area contributed by atoms with Crippen LogP contribution in [0, 0.1) is 20.8 Å². The Bertz CT molecular complexity index is 929. The van der Waals surface area contributed by atoms with Gasteiger partial charge in [0.1, 0.15) is 0 Å². The maximum absolute atomic E-state index is 2.32. The molecule has 92 valence electrons. The molecule has 0 aliphatic heterocycles. The lowest BCUT2D eigenvalue weighted by Crippen LogP contribution is -1.92. The Balaban J connectivity index is 2.52. The average molecular weight is 244 g/mol. The average Bonchev–Trinajstić information content (AvgIpc) is 2.43. The quantitative estimate of drug-likeness (QED) is 0.358. The molecule has 0 saturated carbocycles. The molecule has 0 heteroatoms. The summed E-state index contributed by atoms with van der Waals surface area (Å²) in [6.07, 6.45) is 0. The van der Waals surface area contributed by atoms with Gasteiger partial charge in [0.15, 0.2) is 0 Å². The van der Waals surface area contributed by atoms with Crippen molar-refractivity contribution in [2.45, 2.75) is 20.8 Å². The molecule has 0 aliphatic carbocycles. The molecular weight excluding hydrogens is 228 g/mol. The van der Waals surface area contributed by atoms with Crippen LogP contribution < -0.4 is 0 Å². The minimum Gasteiger partial charge on any atom is -0.0610 e. The molecule has 4 aromatic carbocycles. The second-order valence-corrected chi connectivity index (χ2v) is 5.58. The maximum Gasteiger partial charge on any atom is -0.00213 e. The van der Waals surface area contributed by atoms with Crippen molar-refractivity contribution >= 4 is 32.3 Å². The number of rotatable bonds is 0. The summed E-state index contributed by atoms with van der Waals surface area (Å²) in [6.45, 7) is 6.70. The van der Waals surface area contributed by atoms with E-state index in [1.807, 2.05) is 0 Å². The monoisotopic (exact) mass is 244 g/mol. The summed E-state index contributed by atoms with van der Waals surface area (Å²) in [5.74, 6) is 0. The van der Waals surface area contributed by atoms with E-state index in [2.05, 4.69) is 63.2 Å². The summed E-state index contributed by atoms with van der Waals surface area (Å²) in [5, 5.41) is 8.44. The van der Waals surface area contributed by atoms with Crippen molar-refractivity contribution in [3.8, 4) is 0 Å². The summed E-state index contributed by atoms with van der Waals surface area (Å²) in [4.78, 5) is 0. The third-order valence-corrected chi connectivity index (χ3v) is 4.58. The lowest BCUT2D eigenvalue weighted by atomic mass is 9.87. The Hall–Kier alpha value is -2.08. The topological polar surface area (TPSA) is 0 Å². The molecule has 0 radical (unpaired) electrons. The maximum atomic E-state index is 2.32. The summed E-state index contributed by atoms with van der Waals surface area (Å²) in [5.41, 5.74) is 4.19. The summed E-state index contributed by atoms with van der Waals surface area (Å²) < 4.78 is 0. The first-order chi connectivity index (χ1) is 9.18. The molecule has 0 atom stereocenters. The first-order valence-electron chi connectivity index (χ1n) is 6.82. The van der Waals surface area contributed by atoms with Gasteiger partial charge in [-0.1, -0.05) is 42.5 Å². The van der Waals surface area contributed by atoms with Gasteiger partial charge < -0.3 is 0 Å². The first kappa shape index (κ1) is 10.8. The molecule has 0 saturated heterocycles. The van der Waals surface area contributed by atoms with Gasteiger partial charge in [-0.2, -0.15) is 0 Å². The van der Waals surface area contributed by atoms with Gasteiger partial charge in [-0.3, -0.25) is 0 Å². The lowest BCUT2D eigenvalue weighted by Gasteiger charge is -2.17. The first-order valence-corrected chi connectivity index (χ1v) is 6.82. The van der Waals surface area contributed by atoms with Crippen molar-refractivity contribution in [2.75, 3.05) is 0 Å². The Morgan fingerprint density at radius 3 is 1.95 bits per heavy atom. The zero-order valence-corrected chi connectivity index (χ0v) is 11.5. The fourth-order valence-electron chi connectivity index (χ4n) is 3.46. The van der Waals surface area contributed by atoms with Crippen LogP contribution in [0.15, 0.2) is 42.5 Å². The van der Waals surface area contributed by atoms with Gasteiger partial charge >= 0.3 is 0 Å². The van der Waals surface area contributed by atoms with Crippen molar-refractivity contribution in [2.24, 2.45) is 0 Å². The fraction of sp³-hybridized carbons (Fsp3) is 0.158. The number of hydrogen-bond acceptors (Lipinski definition) is 0. The number of benzene rings is 4. The standard InChI is InChI=1S/C19H16/c1-11-10-14-6-4-8-16-12(2)13(3)17-9-5-7-15(11)19(17)18(14)16/h4-10H,1-3H3. The van der Waals surface area contributed by atoms with Crippen LogP contribution >= 0.6 is 0 Å². The molecule has 19 heavy (non-hydrogen) atoms. The minimum atomic E-state index is 1.36. The SMILES string of the molecule is Cc1c(C)c2cccc3c(C)cc4cccc1c4c32. The van der Waals surface area contributed by atoms with Crippen LogP contribution in [-0.4, -0.2) is 0 Å². The Morgan fingerprint density at radius 2 is 1.21 bits per heavy atom. The highest BCUT2D eigenvalue weighted by Gasteiger charge is 2.13. The highest BCUT2D eigenvalue weighted by Crippen LogP contribution is 2.39. The smallest absolute Gasteiger partial charge is 0.00213 e. The third-order valence-electron chi connectivity index (χ3n) is 4.58. The van der Waals surface area contributed by atoms with Crippen molar-refractivity contribution in [1.29, 1.82) is 0 Å². The molecule has 0 spiro atoms. The van der Waals surface area contributed by atoms with E-state index in [-0.39, 0.29) is 0 Å². The molecule has 0 bridgehead atoms. The van der Waals surface area contributed by atoms with Gasteiger partial charge in [-0.05, 0) is 69.8 Å². The molecule has 0 unspecified atom stereocenters. The molecule has 0 fully saturated rings. The number of hydrogen-bond donors (Lipinski definition) is 0. The van der Waals surface area contributed by atoms with E-state index in [1.54, 1.807) is 0 Å². The largest absolute Gasteiger partial charge is 0.0610 e.